The molecule has 1 fully saturated rings. The maximum Gasteiger partial charge on any atom is 0.265 e. The van der Waals surface area contributed by atoms with Crippen molar-refractivity contribution in [3.63, 3.8) is 0 Å². The molecule has 5 heteroatoms. The zero-order valence-corrected chi connectivity index (χ0v) is 16.3. The molecule has 1 amide bonds. The molecule has 3 nitrogen and oxygen atoms in total. The van der Waals surface area contributed by atoms with Crippen LogP contribution in [-0.2, 0) is 6.42 Å². The molecule has 0 aliphatic carbocycles. The van der Waals surface area contributed by atoms with Crippen LogP contribution in [0.5, 0.6) is 0 Å². The Labute approximate surface area is 162 Å². The Hall–Kier alpha value is -1.98. The van der Waals surface area contributed by atoms with Gasteiger partial charge in [0, 0.05) is 13.1 Å². The number of likely N-dealkylation sites (tertiary alicyclic amines) is 1. The van der Waals surface area contributed by atoms with Gasteiger partial charge in [-0.3, -0.25) is 4.79 Å². The van der Waals surface area contributed by atoms with Gasteiger partial charge >= 0.3 is 0 Å². The molecule has 3 heterocycles. The number of piperidine rings is 1. The van der Waals surface area contributed by atoms with Crippen molar-refractivity contribution in [2.75, 3.05) is 13.1 Å². The number of carbonyl (C=O) groups is 1. The lowest BCUT2D eigenvalue weighted by Gasteiger charge is -2.31. The third-order valence-electron chi connectivity index (χ3n) is 5.03. The van der Waals surface area contributed by atoms with E-state index in [1.165, 1.54) is 23.3 Å². The topological polar surface area (TPSA) is 33.2 Å². The van der Waals surface area contributed by atoms with E-state index in [2.05, 4.69) is 41.4 Å². The van der Waals surface area contributed by atoms with Gasteiger partial charge < -0.3 is 4.90 Å². The predicted octanol–water partition coefficient (Wildman–Crippen LogP) is 5.36. The Balaban J connectivity index is 1.29. The van der Waals surface area contributed by atoms with E-state index < -0.39 is 0 Å². The van der Waals surface area contributed by atoms with Gasteiger partial charge in [-0.05, 0) is 48.6 Å². The van der Waals surface area contributed by atoms with Gasteiger partial charge in [-0.2, -0.15) is 0 Å². The molecule has 1 saturated heterocycles. The molecular weight excluding hydrogens is 360 g/mol. The molecule has 2 aromatic heterocycles. The van der Waals surface area contributed by atoms with Crippen LogP contribution in [0.15, 0.2) is 54.0 Å². The Morgan fingerprint density at radius 2 is 1.92 bits per heavy atom. The first-order valence-corrected chi connectivity index (χ1v) is 10.8. The zero-order valence-electron chi connectivity index (χ0n) is 14.6. The highest BCUT2D eigenvalue weighted by Crippen LogP contribution is 2.30. The predicted molar refractivity (Wildman–Crippen MR) is 109 cm³/mol. The summed E-state index contributed by atoms with van der Waals surface area (Å²) in [6.07, 6.45) is 6.31. The van der Waals surface area contributed by atoms with Crippen molar-refractivity contribution in [3.8, 4) is 9.88 Å². The summed E-state index contributed by atoms with van der Waals surface area (Å²) in [6.45, 7) is 1.73. The fourth-order valence-corrected chi connectivity index (χ4v) is 5.17. The normalized spacial score (nSPS) is 15.3. The summed E-state index contributed by atoms with van der Waals surface area (Å²) in [7, 11) is 0. The SMILES string of the molecule is O=C(c1cnc(-c2cccs2)s1)N1CCC(CCc2ccccc2)CC1. The Morgan fingerprint density at radius 1 is 1.12 bits per heavy atom. The lowest BCUT2D eigenvalue weighted by molar-refractivity contribution is 0.0691. The van der Waals surface area contributed by atoms with Gasteiger partial charge in [0.15, 0.2) is 0 Å². The first-order valence-electron chi connectivity index (χ1n) is 9.12. The zero-order chi connectivity index (χ0) is 17.8. The maximum absolute atomic E-state index is 12.8. The summed E-state index contributed by atoms with van der Waals surface area (Å²) in [5.74, 6) is 0.870. The van der Waals surface area contributed by atoms with Gasteiger partial charge in [0.1, 0.15) is 9.88 Å². The fraction of sp³-hybridized carbons (Fsp3) is 0.333. The fourth-order valence-electron chi connectivity index (χ4n) is 3.48. The van der Waals surface area contributed by atoms with Crippen molar-refractivity contribution in [2.24, 2.45) is 5.92 Å². The molecule has 0 unspecified atom stereocenters. The Bertz CT molecular complexity index is 834. The molecule has 1 aromatic carbocycles. The quantitative estimate of drug-likeness (QED) is 0.595. The number of rotatable bonds is 5. The van der Waals surface area contributed by atoms with Crippen molar-refractivity contribution in [3.05, 3.63) is 64.5 Å². The first-order chi connectivity index (χ1) is 12.8. The molecule has 0 spiro atoms. The van der Waals surface area contributed by atoms with Crippen LogP contribution in [0, 0.1) is 5.92 Å². The second-order valence-electron chi connectivity index (χ2n) is 6.77. The number of hydrogen-bond donors (Lipinski definition) is 0. The Kier molecular flexibility index (Phi) is 5.46. The number of hydrogen-bond acceptors (Lipinski definition) is 4. The summed E-state index contributed by atoms with van der Waals surface area (Å²) < 4.78 is 0. The number of nitrogens with zero attached hydrogens (tertiary/aromatic N) is 2. The van der Waals surface area contributed by atoms with Crippen molar-refractivity contribution in [2.45, 2.75) is 25.7 Å². The molecule has 4 rings (SSSR count). The molecule has 0 saturated carbocycles. The largest absolute Gasteiger partial charge is 0.338 e. The van der Waals surface area contributed by atoms with Crippen LogP contribution in [0.2, 0.25) is 0 Å². The van der Waals surface area contributed by atoms with Crippen molar-refractivity contribution < 1.29 is 4.79 Å². The molecule has 1 aliphatic rings. The highest BCUT2D eigenvalue weighted by Gasteiger charge is 2.25. The van der Waals surface area contributed by atoms with Crippen LogP contribution < -0.4 is 0 Å². The van der Waals surface area contributed by atoms with Crippen LogP contribution in [-0.4, -0.2) is 28.9 Å². The van der Waals surface area contributed by atoms with Gasteiger partial charge in [-0.15, -0.1) is 22.7 Å². The highest BCUT2D eigenvalue weighted by molar-refractivity contribution is 7.21. The lowest BCUT2D eigenvalue weighted by Crippen LogP contribution is -2.38. The number of carbonyl (C=O) groups excluding carboxylic acids is 1. The van der Waals surface area contributed by atoms with E-state index in [9.17, 15) is 4.79 Å². The first kappa shape index (κ1) is 17.4. The van der Waals surface area contributed by atoms with Crippen LogP contribution in [0.25, 0.3) is 9.88 Å². The number of thiazole rings is 1. The number of amides is 1. The van der Waals surface area contributed by atoms with Crippen LogP contribution in [0.4, 0.5) is 0 Å². The summed E-state index contributed by atoms with van der Waals surface area (Å²) in [6, 6.07) is 14.8. The minimum atomic E-state index is 0.145. The van der Waals surface area contributed by atoms with E-state index in [0.717, 1.165) is 53.0 Å². The average Bonchev–Trinajstić information content (AvgIpc) is 3.38. The van der Waals surface area contributed by atoms with E-state index in [-0.39, 0.29) is 5.91 Å². The smallest absolute Gasteiger partial charge is 0.265 e. The lowest BCUT2D eigenvalue weighted by atomic mass is 9.90. The van der Waals surface area contributed by atoms with E-state index in [4.69, 9.17) is 0 Å². The monoisotopic (exact) mass is 382 g/mol. The number of aryl methyl sites for hydroxylation is 1. The van der Waals surface area contributed by atoms with Crippen molar-refractivity contribution in [1.29, 1.82) is 0 Å². The third-order valence-corrected chi connectivity index (χ3v) is 7.06. The molecular formula is C21H22N2OS2. The van der Waals surface area contributed by atoms with E-state index in [1.54, 1.807) is 17.5 Å². The Morgan fingerprint density at radius 3 is 2.65 bits per heavy atom. The van der Waals surface area contributed by atoms with E-state index in [0.29, 0.717) is 0 Å². The molecule has 0 bridgehead atoms. The molecule has 134 valence electrons. The highest BCUT2D eigenvalue weighted by atomic mass is 32.1. The second kappa shape index (κ2) is 8.14. The molecule has 1 aliphatic heterocycles. The second-order valence-corrected chi connectivity index (χ2v) is 8.75. The minimum Gasteiger partial charge on any atom is -0.338 e. The van der Waals surface area contributed by atoms with Gasteiger partial charge in [-0.25, -0.2) is 4.98 Å². The molecule has 26 heavy (non-hydrogen) atoms. The summed E-state index contributed by atoms with van der Waals surface area (Å²) >= 11 is 3.17. The minimum absolute atomic E-state index is 0.145. The molecule has 0 radical (unpaired) electrons. The third kappa shape index (κ3) is 4.05. The van der Waals surface area contributed by atoms with Gasteiger partial charge in [0.2, 0.25) is 0 Å². The van der Waals surface area contributed by atoms with Gasteiger partial charge in [0.05, 0.1) is 11.1 Å². The molecule has 0 N–H and O–H groups in total. The average molecular weight is 383 g/mol. The van der Waals surface area contributed by atoms with Crippen LogP contribution >= 0.6 is 22.7 Å². The number of benzene rings is 1. The van der Waals surface area contributed by atoms with Crippen molar-refractivity contribution >= 4 is 28.6 Å². The number of aromatic nitrogens is 1. The van der Waals surface area contributed by atoms with Gasteiger partial charge in [-0.1, -0.05) is 36.4 Å². The summed E-state index contributed by atoms with van der Waals surface area (Å²) in [5, 5.41) is 2.99. The maximum atomic E-state index is 12.8. The number of thiophene rings is 1. The van der Waals surface area contributed by atoms with E-state index in [1.807, 2.05) is 16.3 Å². The molecule has 3 aromatic rings. The van der Waals surface area contributed by atoms with Gasteiger partial charge in [0.25, 0.3) is 5.91 Å². The van der Waals surface area contributed by atoms with Crippen LogP contribution in [0.1, 0.15) is 34.5 Å². The van der Waals surface area contributed by atoms with Crippen molar-refractivity contribution in [1.82, 2.24) is 9.88 Å². The van der Waals surface area contributed by atoms with E-state index >= 15 is 0 Å². The standard InChI is InChI=1S/C21H22N2OS2/c24-21(19-15-22-20(26-19)18-7-4-14-25-18)23-12-10-17(11-13-23)9-8-16-5-2-1-3-6-16/h1-7,14-15,17H,8-13H2. The summed E-state index contributed by atoms with van der Waals surface area (Å²) in [4.78, 5) is 21.1. The summed E-state index contributed by atoms with van der Waals surface area (Å²) in [5.41, 5.74) is 1.41. The molecule has 0 atom stereocenters. The van der Waals surface area contributed by atoms with Crippen LogP contribution in [0.3, 0.4) is 0 Å².